The molecule has 1 heterocycles. The number of pyridine rings is 1. The smallest absolute Gasteiger partial charge is 0.321 e. The predicted octanol–water partition coefficient (Wildman–Crippen LogP) is 1.98. The first-order chi connectivity index (χ1) is 11.7. The van der Waals surface area contributed by atoms with Gasteiger partial charge in [-0.15, -0.1) is 0 Å². The van der Waals surface area contributed by atoms with Gasteiger partial charge in [-0.1, -0.05) is 11.6 Å². The van der Waals surface area contributed by atoms with Crippen LogP contribution in [0.15, 0.2) is 27.9 Å². The van der Waals surface area contributed by atoms with E-state index in [0.717, 1.165) is 0 Å². The van der Waals surface area contributed by atoms with Gasteiger partial charge in [-0.05, 0) is 39.1 Å². The zero-order valence-electron chi connectivity index (χ0n) is 13.8. The lowest BCUT2D eigenvalue weighted by Gasteiger charge is -2.17. The van der Waals surface area contributed by atoms with Crippen LogP contribution in [0.4, 0.5) is 0 Å². The highest BCUT2D eigenvalue weighted by Crippen LogP contribution is 2.46. The summed E-state index contributed by atoms with van der Waals surface area (Å²) >= 11 is 6.00. The van der Waals surface area contributed by atoms with Crippen molar-refractivity contribution >= 4 is 45.4 Å². The van der Waals surface area contributed by atoms with Crippen LogP contribution >= 0.6 is 19.2 Å². The molecule has 0 fully saturated rings. The Morgan fingerprint density at radius 2 is 1.80 bits per heavy atom. The molecule has 2 rings (SSSR count). The number of hydrogen-bond acceptors (Lipinski definition) is 6. The fourth-order valence-electron chi connectivity index (χ4n) is 2.23. The number of fused-ring (bicyclic) bond motifs is 1. The Hall–Kier alpha value is -1.22. The number of nitrogens with one attached hydrogen (secondary N) is 2. The lowest BCUT2D eigenvalue weighted by molar-refractivity contribution is 0.229. The summed E-state index contributed by atoms with van der Waals surface area (Å²) in [6.45, 7) is 3.40. The fourth-order valence-corrected chi connectivity index (χ4v) is 5.15. The Morgan fingerprint density at radius 3 is 2.32 bits per heavy atom. The quantitative estimate of drug-likeness (QED) is 0.677. The number of rotatable bonds is 7. The standard InChI is InChI=1S/C14H18ClN2O6PS/c1-4-22-24(19,23-5-2)12-6-9-7-13(25(20,21)16-3)10(15)8-11(9)17-14(12)18/h6-8,16H,4-5H2,1-3H3,(H,17,18). The molecule has 25 heavy (non-hydrogen) atoms. The average molecular weight is 409 g/mol. The van der Waals surface area contributed by atoms with Crippen LogP contribution in [-0.4, -0.2) is 33.7 Å². The van der Waals surface area contributed by atoms with E-state index in [-0.39, 0.29) is 28.4 Å². The number of aromatic amines is 1. The number of hydrogen-bond donors (Lipinski definition) is 2. The first kappa shape index (κ1) is 20.1. The first-order valence-electron chi connectivity index (χ1n) is 7.38. The van der Waals surface area contributed by atoms with Crippen molar-refractivity contribution in [3.63, 3.8) is 0 Å². The first-order valence-corrected chi connectivity index (χ1v) is 10.8. The summed E-state index contributed by atoms with van der Waals surface area (Å²) in [6, 6.07) is 3.90. The molecule has 0 aliphatic carbocycles. The Bertz CT molecular complexity index is 994. The zero-order valence-corrected chi connectivity index (χ0v) is 16.3. The molecule has 138 valence electrons. The van der Waals surface area contributed by atoms with Gasteiger partial charge in [0.1, 0.15) is 10.2 Å². The molecular formula is C14H18ClN2O6PS. The van der Waals surface area contributed by atoms with Crippen LogP contribution in [0.5, 0.6) is 0 Å². The highest BCUT2D eigenvalue weighted by Gasteiger charge is 2.31. The van der Waals surface area contributed by atoms with Gasteiger partial charge in [0, 0.05) is 10.9 Å². The minimum atomic E-state index is -3.83. The fraction of sp³-hybridized carbons (Fsp3) is 0.357. The molecule has 1 aromatic carbocycles. The number of H-pyrrole nitrogens is 1. The largest absolute Gasteiger partial charge is 0.366 e. The summed E-state index contributed by atoms with van der Waals surface area (Å²) in [7, 11) is -6.38. The summed E-state index contributed by atoms with van der Waals surface area (Å²) in [5.41, 5.74) is -0.355. The van der Waals surface area contributed by atoms with Crippen LogP contribution in [0.3, 0.4) is 0 Å². The van der Waals surface area contributed by atoms with Gasteiger partial charge in [-0.25, -0.2) is 13.1 Å². The maximum atomic E-state index is 12.9. The van der Waals surface area contributed by atoms with Gasteiger partial charge in [0.25, 0.3) is 5.56 Å². The van der Waals surface area contributed by atoms with E-state index in [4.69, 9.17) is 20.6 Å². The summed E-state index contributed by atoms with van der Waals surface area (Å²) in [5.74, 6) is 0. The third-order valence-corrected chi connectivity index (χ3v) is 7.33. The van der Waals surface area contributed by atoms with Crippen LogP contribution in [0.2, 0.25) is 5.02 Å². The minimum Gasteiger partial charge on any atom is -0.321 e. The number of aromatic nitrogens is 1. The maximum absolute atomic E-state index is 12.9. The molecule has 0 saturated carbocycles. The van der Waals surface area contributed by atoms with E-state index in [9.17, 15) is 17.8 Å². The molecule has 0 radical (unpaired) electrons. The van der Waals surface area contributed by atoms with E-state index >= 15 is 0 Å². The van der Waals surface area contributed by atoms with Gasteiger partial charge in [-0.2, -0.15) is 0 Å². The lowest BCUT2D eigenvalue weighted by Crippen LogP contribution is -2.29. The molecule has 0 aliphatic rings. The Morgan fingerprint density at radius 1 is 1.20 bits per heavy atom. The van der Waals surface area contributed by atoms with Gasteiger partial charge in [-0.3, -0.25) is 9.36 Å². The van der Waals surface area contributed by atoms with Crippen LogP contribution in [0.25, 0.3) is 10.9 Å². The van der Waals surface area contributed by atoms with Crippen molar-refractivity contribution in [2.24, 2.45) is 0 Å². The van der Waals surface area contributed by atoms with Crippen LogP contribution in [0.1, 0.15) is 13.8 Å². The third kappa shape index (κ3) is 3.97. The molecule has 0 unspecified atom stereocenters. The molecular weight excluding hydrogens is 391 g/mol. The predicted molar refractivity (Wildman–Crippen MR) is 96.3 cm³/mol. The van der Waals surface area contributed by atoms with Crippen LogP contribution < -0.4 is 15.6 Å². The highest BCUT2D eigenvalue weighted by molar-refractivity contribution is 7.89. The molecule has 0 atom stereocenters. The summed E-state index contributed by atoms with van der Waals surface area (Å²) < 4.78 is 49.5. The number of benzene rings is 1. The second-order valence-electron chi connectivity index (χ2n) is 4.89. The lowest BCUT2D eigenvalue weighted by atomic mass is 10.2. The molecule has 0 amide bonds. The molecule has 1 aromatic heterocycles. The molecule has 11 heteroatoms. The minimum absolute atomic E-state index is 0.0527. The highest BCUT2D eigenvalue weighted by atomic mass is 35.5. The number of sulfonamides is 1. The SMILES string of the molecule is CCOP(=O)(OCC)c1cc2cc(S(=O)(=O)NC)c(Cl)cc2[nH]c1=O. The van der Waals surface area contributed by atoms with Crippen molar-refractivity contribution in [1.82, 2.24) is 9.71 Å². The Balaban J connectivity index is 2.77. The van der Waals surface area contributed by atoms with Gasteiger partial charge in [0.2, 0.25) is 10.0 Å². The van der Waals surface area contributed by atoms with Gasteiger partial charge >= 0.3 is 7.60 Å². The van der Waals surface area contributed by atoms with E-state index in [2.05, 4.69) is 9.71 Å². The van der Waals surface area contributed by atoms with Crippen molar-refractivity contribution < 1.29 is 22.0 Å². The third-order valence-electron chi connectivity index (χ3n) is 3.33. The topological polar surface area (TPSA) is 115 Å². The van der Waals surface area contributed by atoms with Gasteiger partial charge in [0.05, 0.1) is 18.2 Å². The Kier molecular flexibility index (Phi) is 6.09. The molecule has 8 nitrogen and oxygen atoms in total. The molecule has 0 bridgehead atoms. The second-order valence-corrected chi connectivity index (χ2v) is 9.15. The molecule has 0 aliphatic heterocycles. The van der Waals surface area contributed by atoms with E-state index in [1.807, 2.05) is 0 Å². The summed E-state index contributed by atoms with van der Waals surface area (Å²) in [4.78, 5) is 14.7. The zero-order chi connectivity index (χ0) is 18.8. The monoisotopic (exact) mass is 408 g/mol. The normalized spacial score (nSPS) is 12.6. The molecule has 2 N–H and O–H groups in total. The Labute approximate surface area is 150 Å². The van der Waals surface area contributed by atoms with Crippen LogP contribution in [-0.2, 0) is 23.6 Å². The molecule has 0 saturated heterocycles. The van der Waals surface area contributed by atoms with Crippen molar-refractivity contribution in [1.29, 1.82) is 0 Å². The molecule has 0 spiro atoms. The summed E-state index contributed by atoms with van der Waals surface area (Å²) in [5, 5.41) is 0.0781. The van der Waals surface area contributed by atoms with Crippen molar-refractivity contribution in [2.75, 3.05) is 20.3 Å². The van der Waals surface area contributed by atoms with Gasteiger partial charge in [0.15, 0.2) is 0 Å². The van der Waals surface area contributed by atoms with Gasteiger partial charge < -0.3 is 14.0 Å². The van der Waals surface area contributed by atoms with E-state index in [0.29, 0.717) is 10.9 Å². The van der Waals surface area contributed by atoms with E-state index in [1.54, 1.807) is 13.8 Å². The number of halogens is 1. The molecule has 2 aromatic rings. The second kappa shape index (κ2) is 7.57. The van der Waals surface area contributed by atoms with Crippen LogP contribution in [0, 0.1) is 0 Å². The summed E-state index contributed by atoms with van der Waals surface area (Å²) in [6.07, 6.45) is 0. The van der Waals surface area contributed by atoms with Crippen molar-refractivity contribution in [2.45, 2.75) is 18.7 Å². The average Bonchev–Trinajstić information content (AvgIpc) is 2.54. The van der Waals surface area contributed by atoms with E-state index < -0.39 is 23.2 Å². The van der Waals surface area contributed by atoms with E-state index in [1.165, 1.54) is 25.2 Å². The maximum Gasteiger partial charge on any atom is 0.366 e. The van der Waals surface area contributed by atoms with Crippen molar-refractivity contribution in [3.8, 4) is 0 Å². The van der Waals surface area contributed by atoms with Crippen molar-refractivity contribution in [3.05, 3.63) is 33.6 Å².